The Morgan fingerprint density at radius 1 is 1.30 bits per heavy atom. The predicted molar refractivity (Wildman–Crippen MR) is 90.7 cm³/mol. The third-order valence-corrected chi connectivity index (χ3v) is 4.26. The highest BCUT2D eigenvalue weighted by Gasteiger charge is 2.34. The molecule has 1 aliphatic carbocycles. The van der Waals surface area contributed by atoms with E-state index < -0.39 is 0 Å². The molecule has 0 N–H and O–H groups in total. The van der Waals surface area contributed by atoms with Gasteiger partial charge in [0.05, 0.1) is 6.54 Å². The van der Waals surface area contributed by atoms with Crippen LogP contribution in [0.1, 0.15) is 45.7 Å². The second-order valence-electron chi connectivity index (χ2n) is 6.88. The Balaban J connectivity index is 2.06. The molecule has 0 saturated heterocycles. The maximum absolute atomic E-state index is 12.8. The number of amides is 2. The van der Waals surface area contributed by atoms with Crippen molar-refractivity contribution in [1.29, 1.82) is 0 Å². The number of aryl methyl sites for hydroxylation is 1. The summed E-state index contributed by atoms with van der Waals surface area (Å²) in [5.74, 6) is 0.535. The first kappa shape index (κ1) is 17.6. The largest absolute Gasteiger partial charge is 0.353 e. The summed E-state index contributed by atoms with van der Waals surface area (Å²) in [4.78, 5) is 28.6. The zero-order valence-corrected chi connectivity index (χ0v) is 14.8. The van der Waals surface area contributed by atoms with Crippen LogP contribution in [-0.4, -0.2) is 45.3 Å². The van der Waals surface area contributed by atoms with Gasteiger partial charge in [0.15, 0.2) is 0 Å². The second-order valence-corrected chi connectivity index (χ2v) is 6.88. The lowest BCUT2D eigenvalue weighted by Crippen LogP contribution is -2.44. The van der Waals surface area contributed by atoms with Gasteiger partial charge in [-0.25, -0.2) is 0 Å². The molecule has 0 unspecified atom stereocenters. The van der Waals surface area contributed by atoms with Gasteiger partial charge < -0.3 is 14.4 Å². The van der Waals surface area contributed by atoms with Crippen LogP contribution in [0.3, 0.4) is 0 Å². The second kappa shape index (κ2) is 7.66. The van der Waals surface area contributed by atoms with Gasteiger partial charge in [-0.15, -0.1) is 0 Å². The van der Waals surface area contributed by atoms with Crippen molar-refractivity contribution >= 4 is 11.8 Å². The van der Waals surface area contributed by atoms with Crippen LogP contribution in [0.15, 0.2) is 18.3 Å². The Morgan fingerprint density at radius 2 is 2.00 bits per heavy atom. The van der Waals surface area contributed by atoms with Crippen LogP contribution in [0.25, 0.3) is 0 Å². The van der Waals surface area contributed by atoms with E-state index in [2.05, 4.69) is 13.8 Å². The lowest BCUT2D eigenvalue weighted by atomic mass is 10.2. The van der Waals surface area contributed by atoms with E-state index in [4.69, 9.17) is 0 Å². The number of nitrogens with zero attached hydrogens (tertiary/aromatic N) is 3. The summed E-state index contributed by atoms with van der Waals surface area (Å²) >= 11 is 0. The summed E-state index contributed by atoms with van der Waals surface area (Å²) in [5, 5.41) is 0. The van der Waals surface area contributed by atoms with Crippen molar-refractivity contribution in [3.63, 3.8) is 0 Å². The number of hydrogen-bond acceptors (Lipinski definition) is 2. The average molecular weight is 319 g/mol. The number of carbonyl (C=O) groups is 2. The number of aromatic nitrogens is 1. The predicted octanol–water partition coefficient (Wildman–Crippen LogP) is 2.41. The minimum atomic E-state index is 0.0496. The Labute approximate surface area is 139 Å². The van der Waals surface area contributed by atoms with Gasteiger partial charge in [0.25, 0.3) is 0 Å². The van der Waals surface area contributed by atoms with Crippen molar-refractivity contribution in [1.82, 2.24) is 14.4 Å². The van der Waals surface area contributed by atoms with Crippen molar-refractivity contribution in [2.24, 2.45) is 13.0 Å². The summed E-state index contributed by atoms with van der Waals surface area (Å²) < 4.78 is 2.04. The van der Waals surface area contributed by atoms with Crippen LogP contribution in [0.4, 0.5) is 0 Å². The van der Waals surface area contributed by atoms with Crippen LogP contribution < -0.4 is 0 Å². The molecule has 0 spiro atoms. The minimum absolute atomic E-state index is 0.0496. The molecule has 128 valence electrons. The zero-order valence-electron chi connectivity index (χ0n) is 14.8. The van der Waals surface area contributed by atoms with Gasteiger partial charge >= 0.3 is 0 Å². The van der Waals surface area contributed by atoms with Crippen molar-refractivity contribution < 1.29 is 9.59 Å². The fourth-order valence-corrected chi connectivity index (χ4v) is 2.81. The number of hydrogen-bond donors (Lipinski definition) is 0. The summed E-state index contributed by atoms with van der Waals surface area (Å²) in [6, 6.07) is 4.31. The van der Waals surface area contributed by atoms with Gasteiger partial charge in [-0.3, -0.25) is 9.59 Å². The molecule has 0 atom stereocenters. The third-order valence-electron chi connectivity index (χ3n) is 4.26. The van der Waals surface area contributed by atoms with Crippen molar-refractivity contribution in [3.8, 4) is 0 Å². The molecule has 1 fully saturated rings. The van der Waals surface area contributed by atoms with E-state index in [0.29, 0.717) is 25.4 Å². The van der Waals surface area contributed by atoms with Gasteiger partial charge in [0.2, 0.25) is 11.8 Å². The number of rotatable bonds is 8. The Morgan fingerprint density at radius 3 is 2.48 bits per heavy atom. The first-order valence-electron chi connectivity index (χ1n) is 8.59. The van der Waals surface area contributed by atoms with Crippen LogP contribution in [0, 0.1) is 5.92 Å². The highest BCUT2D eigenvalue weighted by molar-refractivity contribution is 5.85. The molecule has 23 heavy (non-hydrogen) atoms. The molecule has 0 aliphatic heterocycles. The van der Waals surface area contributed by atoms with E-state index in [0.717, 1.165) is 18.5 Å². The van der Waals surface area contributed by atoms with Crippen LogP contribution in [0.2, 0.25) is 0 Å². The standard InChI is InChI=1S/C18H29N3O2/c1-5-17(22)21(15-8-9-15)13-18(23)20(11-14(2)3)12-16-7-6-10-19(16)4/h6-7,10,14-15H,5,8-9,11-13H2,1-4H3. The first-order valence-corrected chi connectivity index (χ1v) is 8.59. The van der Waals surface area contributed by atoms with Gasteiger partial charge in [-0.05, 0) is 30.9 Å². The molecule has 1 aliphatic rings. The average Bonchev–Trinajstić information content (AvgIpc) is 3.26. The van der Waals surface area contributed by atoms with E-state index in [1.165, 1.54) is 0 Å². The molecule has 2 rings (SSSR count). The van der Waals surface area contributed by atoms with Crippen LogP contribution in [0.5, 0.6) is 0 Å². The molecule has 1 heterocycles. The van der Waals surface area contributed by atoms with E-state index in [9.17, 15) is 9.59 Å². The molecule has 2 amide bonds. The quantitative estimate of drug-likeness (QED) is 0.738. The Hall–Kier alpha value is -1.78. The fourth-order valence-electron chi connectivity index (χ4n) is 2.81. The van der Waals surface area contributed by atoms with Crippen molar-refractivity contribution in [3.05, 3.63) is 24.0 Å². The lowest BCUT2D eigenvalue weighted by Gasteiger charge is -2.29. The van der Waals surface area contributed by atoms with Crippen molar-refractivity contribution in [2.45, 2.75) is 52.6 Å². The first-order chi connectivity index (χ1) is 10.9. The Kier molecular flexibility index (Phi) is 5.85. The topological polar surface area (TPSA) is 45.6 Å². The zero-order chi connectivity index (χ0) is 17.0. The SMILES string of the molecule is CCC(=O)N(CC(=O)N(Cc1cccn1C)CC(C)C)C1CC1. The fraction of sp³-hybridized carbons (Fsp3) is 0.667. The van der Waals surface area contributed by atoms with E-state index in [1.54, 1.807) is 4.90 Å². The molecule has 1 aromatic rings. The highest BCUT2D eigenvalue weighted by atomic mass is 16.2. The maximum atomic E-state index is 12.8. The van der Waals surface area contributed by atoms with Crippen LogP contribution >= 0.6 is 0 Å². The molecular weight excluding hydrogens is 290 g/mol. The molecule has 0 aromatic carbocycles. The molecule has 1 saturated carbocycles. The summed E-state index contributed by atoms with van der Waals surface area (Å²) in [5.41, 5.74) is 1.11. The minimum Gasteiger partial charge on any atom is -0.353 e. The van der Waals surface area contributed by atoms with E-state index >= 15 is 0 Å². The molecule has 5 heteroatoms. The van der Waals surface area contributed by atoms with Crippen molar-refractivity contribution in [2.75, 3.05) is 13.1 Å². The highest BCUT2D eigenvalue weighted by Crippen LogP contribution is 2.27. The summed E-state index contributed by atoms with van der Waals surface area (Å²) in [6.07, 6.45) is 4.51. The monoisotopic (exact) mass is 319 g/mol. The van der Waals surface area contributed by atoms with Gasteiger partial charge in [-0.2, -0.15) is 0 Å². The Bertz CT molecular complexity index is 546. The van der Waals surface area contributed by atoms with Crippen LogP contribution in [-0.2, 0) is 23.2 Å². The van der Waals surface area contributed by atoms with E-state index in [1.807, 2.05) is 41.8 Å². The number of carbonyl (C=O) groups excluding carboxylic acids is 2. The molecule has 1 aromatic heterocycles. The molecular formula is C18H29N3O2. The molecule has 5 nitrogen and oxygen atoms in total. The smallest absolute Gasteiger partial charge is 0.242 e. The maximum Gasteiger partial charge on any atom is 0.242 e. The van der Waals surface area contributed by atoms with Gasteiger partial charge in [-0.1, -0.05) is 20.8 Å². The lowest BCUT2D eigenvalue weighted by molar-refractivity contribution is -0.141. The summed E-state index contributed by atoms with van der Waals surface area (Å²) in [6.45, 7) is 7.61. The normalized spacial score (nSPS) is 14.1. The van der Waals surface area contributed by atoms with Gasteiger partial charge in [0.1, 0.15) is 6.54 Å². The summed E-state index contributed by atoms with van der Waals surface area (Å²) in [7, 11) is 1.99. The van der Waals surface area contributed by atoms with E-state index in [-0.39, 0.29) is 24.4 Å². The van der Waals surface area contributed by atoms with Gasteiger partial charge in [0, 0.05) is 37.9 Å². The third kappa shape index (κ3) is 4.85. The molecule has 0 bridgehead atoms. The molecule has 0 radical (unpaired) electrons.